The highest BCUT2D eigenvalue weighted by Gasteiger charge is 2.66. The Balaban J connectivity index is 1.57. The predicted molar refractivity (Wildman–Crippen MR) is 87.1 cm³/mol. The van der Waals surface area contributed by atoms with Gasteiger partial charge in [0.05, 0.1) is 12.2 Å². The van der Waals surface area contributed by atoms with E-state index >= 15 is 0 Å². The maximum Gasteiger partial charge on any atom is 0.0640 e. The first-order valence-corrected chi connectivity index (χ1v) is 9.28. The second-order valence-corrected chi connectivity index (χ2v) is 10.3. The molecular weight excluding hydrogens is 256 g/mol. The van der Waals surface area contributed by atoms with E-state index in [1.54, 1.807) is 0 Å². The summed E-state index contributed by atoms with van der Waals surface area (Å²) in [6.45, 7) is 15.0. The largest absolute Gasteiger partial charge is 0.374 e. The highest BCUT2D eigenvalue weighted by Crippen LogP contribution is 2.70. The lowest BCUT2D eigenvalue weighted by Gasteiger charge is -2.44. The third kappa shape index (κ3) is 1.48. The van der Waals surface area contributed by atoms with E-state index in [-0.39, 0.29) is 0 Å². The minimum Gasteiger partial charge on any atom is -0.374 e. The Hall–Kier alpha value is -0.0400. The van der Waals surface area contributed by atoms with Gasteiger partial charge < -0.3 is 4.74 Å². The van der Waals surface area contributed by atoms with Crippen LogP contribution < -0.4 is 0 Å². The normalized spacial score (nSPS) is 56.3. The third-order valence-corrected chi connectivity index (χ3v) is 9.76. The molecule has 6 atom stereocenters. The van der Waals surface area contributed by atoms with Crippen molar-refractivity contribution >= 4 is 0 Å². The van der Waals surface area contributed by atoms with Crippen LogP contribution in [0.25, 0.3) is 0 Å². The molecule has 0 radical (unpaired) electrons. The zero-order valence-corrected chi connectivity index (χ0v) is 15.0. The van der Waals surface area contributed by atoms with Gasteiger partial charge in [0.1, 0.15) is 0 Å². The first-order valence-electron chi connectivity index (χ1n) is 9.28. The molecule has 0 saturated heterocycles. The number of rotatable bonds is 2. The topological polar surface area (TPSA) is 9.23 Å². The zero-order valence-electron chi connectivity index (χ0n) is 15.0. The highest BCUT2D eigenvalue weighted by atomic mass is 16.5. The van der Waals surface area contributed by atoms with Gasteiger partial charge in [-0.15, -0.1) is 0 Å². The molecule has 0 aromatic heterocycles. The van der Waals surface area contributed by atoms with Gasteiger partial charge in [-0.1, -0.05) is 41.5 Å². The molecule has 4 bridgehead atoms. The van der Waals surface area contributed by atoms with Crippen molar-refractivity contribution in [3.05, 3.63) is 0 Å². The number of hydrogen-bond acceptors (Lipinski definition) is 1. The Kier molecular flexibility index (Phi) is 2.69. The predicted octanol–water partition coefficient (Wildman–Crippen LogP) is 5.43. The molecule has 0 aromatic carbocycles. The lowest BCUT2D eigenvalue weighted by Crippen LogP contribution is -2.44. The summed E-state index contributed by atoms with van der Waals surface area (Å²) in [5.41, 5.74) is 1.79. The van der Waals surface area contributed by atoms with Crippen molar-refractivity contribution in [3.63, 3.8) is 0 Å². The van der Waals surface area contributed by atoms with Crippen molar-refractivity contribution < 1.29 is 4.74 Å². The van der Waals surface area contributed by atoms with Gasteiger partial charge in [-0.05, 0) is 72.0 Å². The molecule has 0 spiro atoms. The second-order valence-electron chi connectivity index (χ2n) is 10.3. The quantitative estimate of drug-likeness (QED) is 0.658. The lowest BCUT2D eigenvalue weighted by atomic mass is 9.68. The molecule has 0 amide bonds. The van der Waals surface area contributed by atoms with Crippen molar-refractivity contribution in [1.29, 1.82) is 0 Å². The van der Waals surface area contributed by atoms with Crippen LogP contribution in [0.15, 0.2) is 0 Å². The van der Waals surface area contributed by atoms with Gasteiger partial charge in [0.2, 0.25) is 0 Å². The maximum atomic E-state index is 6.92. The van der Waals surface area contributed by atoms with E-state index in [0.29, 0.717) is 33.9 Å². The van der Waals surface area contributed by atoms with Crippen molar-refractivity contribution in [1.82, 2.24) is 0 Å². The Morgan fingerprint density at radius 1 is 0.667 bits per heavy atom. The Morgan fingerprint density at radius 2 is 1.05 bits per heavy atom. The first-order chi connectivity index (χ1) is 9.63. The van der Waals surface area contributed by atoms with Crippen molar-refractivity contribution in [2.45, 2.75) is 92.3 Å². The molecule has 4 saturated carbocycles. The summed E-state index contributed by atoms with van der Waals surface area (Å²) in [4.78, 5) is 0. The zero-order chi connectivity index (χ0) is 15.3. The summed E-state index contributed by atoms with van der Waals surface area (Å²) in [5, 5.41) is 0. The van der Waals surface area contributed by atoms with Crippen molar-refractivity contribution in [2.75, 3.05) is 0 Å². The lowest BCUT2D eigenvalue weighted by molar-refractivity contribution is -0.132. The summed E-state index contributed by atoms with van der Waals surface area (Å²) < 4.78 is 6.92. The molecule has 4 aliphatic rings. The van der Waals surface area contributed by atoms with Crippen LogP contribution in [-0.4, -0.2) is 12.2 Å². The Labute approximate surface area is 131 Å². The maximum absolute atomic E-state index is 6.92. The fourth-order valence-corrected chi connectivity index (χ4v) is 6.87. The summed E-state index contributed by atoms with van der Waals surface area (Å²) in [7, 11) is 0. The van der Waals surface area contributed by atoms with E-state index in [0.717, 1.165) is 11.8 Å². The van der Waals surface area contributed by atoms with Crippen LogP contribution in [0, 0.1) is 33.5 Å². The van der Waals surface area contributed by atoms with E-state index in [9.17, 15) is 0 Å². The van der Waals surface area contributed by atoms with Gasteiger partial charge in [-0.3, -0.25) is 0 Å². The first kappa shape index (κ1) is 14.5. The van der Waals surface area contributed by atoms with E-state index in [4.69, 9.17) is 4.74 Å². The molecule has 1 nitrogen and oxygen atoms in total. The standard InChI is InChI=1S/C20H34O/c1-17(2)13-7-9-19(17,5)15(11-13)21-16-12-14-8-10-20(16,6)18(14,3)4/h13-16H,7-12H2,1-6H3/t13-,14-,15-,16-,19+,20+/m1/s1. The molecule has 0 heterocycles. The molecular formula is C20H34O. The molecule has 1 heteroatoms. The third-order valence-electron chi connectivity index (χ3n) is 9.76. The van der Waals surface area contributed by atoms with Crippen molar-refractivity contribution in [2.24, 2.45) is 33.5 Å². The fraction of sp³-hybridized carbons (Fsp3) is 1.00. The van der Waals surface area contributed by atoms with E-state index in [2.05, 4.69) is 41.5 Å². The number of ether oxygens (including phenoxy) is 1. The summed E-state index contributed by atoms with van der Waals surface area (Å²) in [5.74, 6) is 1.79. The van der Waals surface area contributed by atoms with E-state index in [1.165, 1.54) is 38.5 Å². The average molecular weight is 290 g/mol. The molecule has 120 valence electrons. The molecule has 21 heavy (non-hydrogen) atoms. The number of fused-ring (bicyclic) bond motifs is 4. The number of hydrogen-bond donors (Lipinski definition) is 0. The molecule has 0 N–H and O–H groups in total. The van der Waals surface area contributed by atoms with Gasteiger partial charge in [-0.25, -0.2) is 0 Å². The Bertz CT molecular complexity index is 422. The molecule has 4 fully saturated rings. The SMILES string of the molecule is CC1(C)[C@@H]2CC[C@@]1(C)[C@H](O[C@@H]1C[C@H]3CC[C@]1(C)C3(C)C)C2. The van der Waals surface area contributed by atoms with E-state index < -0.39 is 0 Å². The van der Waals surface area contributed by atoms with E-state index in [1.807, 2.05) is 0 Å². The monoisotopic (exact) mass is 290 g/mol. The minimum absolute atomic E-state index is 0.417. The molecule has 4 rings (SSSR count). The Morgan fingerprint density at radius 3 is 1.29 bits per heavy atom. The van der Waals surface area contributed by atoms with Gasteiger partial charge in [0, 0.05) is 0 Å². The van der Waals surface area contributed by atoms with Gasteiger partial charge in [0.25, 0.3) is 0 Å². The second kappa shape index (κ2) is 3.89. The van der Waals surface area contributed by atoms with Crippen LogP contribution in [0.1, 0.15) is 80.1 Å². The minimum atomic E-state index is 0.417. The van der Waals surface area contributed by atoms with Crippen molar-refractivity contribution in [3.8, 4) is 0 Å². The summed E-state index contributed by atoms with van der Waals surface area (Å²) >= 11 is 0. The molecule has 4 aliphatic carbocycles. The average Bonchev–Trinajstić information content (AvgIpc) is 2.90. The smallest absolute Gasteiger partial charge is 0.0640 e. The van der Waals surface area contributed by atoms with Crippen LogP contribution in [0.2, 0.25) is 0 Å². The van der Waals surface area contributed by atoms with Gasteiger partial charge in [-0.2, -0.15) is 0 Å². The van der Waals surface area contributed by atoms with Crippen LogP contribution >= 0.6 is 0 Å². The van der Waals surface area contributed by atoms with Crippen LogP contribution in [0.3, 0.4) is 0 Å². The highest BCUT2D eigenvalue weighted by molar-refractivity contribution is 5.14. The summed E-state index contributed by atoms with van der Waals surface area (Å²) in [6, 6.07) is 0. The van der Waals surface area contributed by atoms with Gasteiger partial charge >= 0.3 is 0 Å². The molecule has 0 aromatic rings. The van der Waals surface area contributed by atoms with Crippen LogP contribution in [0.4, 0.5) is 0 Å². The molecule has 0 unspecified atom stereocenters. The fourth-order valence-electron chi connectivity index (χ4n) is 6.87. The molecule has 0 aliphatic heterocycles. The summed E-state index contributed by atoms with van der Waals surface area (Å²) in [6.07, 6.45) is 9.30. The van der Waals surface area contributed by atoms with Crippen LogP contribution in [-0.2, 0) is 4.74 Å². The van der Waals surface area contributed by atoms with Crippen LogP contribution in [0.5, 0.6) is 0 Å². The van der Waals surface area contributed by atoms with Gasteiger partial charge in [0.15, 0.2) is 0 Å².